The van der Waals surface area contributed by atoms with Crippen molar-refractivity contribution >= 4 is 6.03 Å². The zero-order chi connectivity index (χ0) is 18.2. The Bertz CT molecular complexity index is 749. The first-order chi connectivity index (χ1) is 12.8. The molecule has 0 fully saturated rings. The van der Waals surface area contributed by atoms with Gasteiger partial charge in [-0.25, -0.2) is 4.79 Å². The van der Waals surface area contributed by atoms with Gasteiger partial charge in [-0.15, -0.1) is 0 Å². The van der Waals surface area contributed by atoms with E-state index in [-0.39, 0.29) is 18.2 Å². The maximum atomic E-state index is 12.5. The summed E-state index contributed by atoms with van der Waals surface area (Å²) in [6.45, 7) is 0.312. The number of furan rings is 1. The van der Waals surface area contributed by atoms with Crippen LogP contribution in [0.25, 0.3) is 0 Å². The minimum absolute atomic E-state index is 0.234. The molecule has 5 nitrogen and oxygen atoms in total. The predicted molar refractivity (Wildman–Crippen MR) is 99.7 cm³/mol. The van der Waals surface area contributed by atoms with Gasteiger partial charge >= 0.3 is 6.03 Å². The van der Waals surface area contributed by atoms with Crippen LogP contribution in [0.4, 0.5) is 4.79 Å². The highest BCUT2D eigenvalue weighted by molar-refractivity contribution is 5.75. The second-order valence-corrected chi connectivity index (χ2v) is 5.85. The largest absolute Gasteiger partial charge is 0.467 e. The van der Waals surface area contributed by atoms with E-state index in [1.807, 2.05) is 66.7 Å². The molecule has 2 N–H and O–H groups in total. The third kappa shape index (κ3) is 4.52. The van der Waals surface area contributed by atoms with Gasteiger partial charge in [0.1, 0.15) is 11.9 Å². The zero-order valence-corrected chi connectivity index (χ0v) is 14.6. The van der Waals surface area contributed by atoms with Gasteiger partial charge in [-0.1, -0.05) is 60.7 Å². The van der Waals surface area contributed by atoms with E-state index in [1.165, 1.54) is 0 Å². The van der Waals surface area contributed by atoms with Crippen molar-refractivity contribution in [3.8, 4) is 0 Å². The molecule has 2 amide bonds. The molecule has 134 valence electrons. The first-order valence-corrected chi connectivity index (χ1v) is 8.48. The van der Waals surface area contributed by atoms with Crippen molar-refractivity contribution in [1.82, 2.24) is 10.6 Å². The summed E-state index contributed by atoms with van der Waals surface area (Å²) in [5.74, 6) is 0.676. The van der Waals surface area contributed by atoms with Crippen LogP contribution in [0.15, 0.2) is 83.5 Å². The van der Waals surface area contributed by atoms with Crippen LogP contribution >= 0.6 is 0 Å². The van der Waals surface area contributed by atoms with Crippen molar-refractivity contribution in [1.29, 1.82) is 0 Å². The molecular formula is C21H22N2O3. The number of nitrogens with one attached hydrogen (secondary N) is 2. The minimum atomic E-state index is -0.331. The second kappa shape index (κ2) is 8.87. The number of urea groups is 1. The minimum Gasteiger partial charge on any atom is -0.467 e. The lowest BCUT2D eigenvalue weighted by Gasteiger charge is -2.21. The molecule has 1 aromatic heterocycles. The van der Waals surface area contributed by atoms with Crippen molar-refractivity contribution in [3.63, 3.8) is 0 Å². The maximum absolute atomic E-state index is 12.5. The molecule has 1 unspecified atom stereocenters. The lowest BCUT2D eigenvalue weighted by molar-refractivity contribution is 0.0849. The van der Waals surface area contributed by atoms with Crippen molar-refractivity contribution in [2.45, 2.75) is 12.1 Å². The van der Waals surface area contributed by atoms with Gasteiger partial charge in [0.2, 0.25) is 0 Å². The van der Waals surface area contributed by atoms with E-state index in [2.05, 4.69) is 10.6 Å². The number of carbonyl (C=O) groups excluding carboxylic acids is 1. The van der Waals surface area contributed by atoms with Crippen LogP contribution in [0.5, 0.6) is 0 Å². The van der Waals surface area contributed by atoms with E-state index in [0.717, 1.165) is 11.1 Å². The van der Waals surface area contributed by atoms with E-state index in [1.54, 1.807) is 19.4 Å². The quantitative estimate of drug-likeness (QED) is 0.675. The number of ether oxygens (including phenoxy) is 1. The first-order valence-electron chi connectivity index (χ1n) is 8.48. The third-order valence-corrected chi connectivity index (χ3v) is 4.13. The van der Waals surface area contributed by atoms with Crippen molar-refractivity contribution in [2.75, 3.05) is 13.7 Å². The Morgan fingerprint density at radius 3 is 2.08 bits per heavy atom. The summed E-state index contributed by atoms with van der Waals surface area (Å²) >= 11 is 0. The number of carbonyl (C=O) groups is 1. The summed E-state index contributed by atoms with van der Waals surface area (Å²) < 4.78 is 10.7. The van der Waals surface area contributed by atoms with Gasteiger partial charge in [0, 0.05) is 7.11 Å². The molecule has 0 aliphatic rings. The fourth-order valence-electron chi connectivity index (χ4n) is 2.79. The smallest absolute Gasteiger partial charge is 0.315 e. The van der Waals surface area contributed by atoms with Crippen LogP contribution in [0.2, 0.25) is 0 Å². The van der Waals surface area contributed by atoms with Crippen LogP contribution in [-0.2, 0) is 4.74 Å². The topological polar surface area (TPSA) is 63.5 Å². The van der Waals surface area contributed by atoms with E-state index >= 15 is 0 Å². The number of methoxy groups -OCH3 is 1. The summed E-state index contributed by atoms with van der Waals surface area (Å²) in [6, 6.07) is 22.9. The Labute approximate surface area is 153 Å². The lowest BCUT2D eigenvalue weighted by atomic mass is 9.99. The predicted octanol–water partition coefficient (Wildman–Crippen LogP) is 4.06. The SMILES string of the molecule is COC(CNC(=O)NC(c1ccccc1)c1ccccc1)c1ccco1. The molecule has 5 heteroatoms. The third-order valence-electron chi connectivity index (χ3n) is 4.13. The Morgan fingerprint density at radius 2 is 1.58 bits per heavy atom. The molecule has 0 aliphatic heterocycles. The molecule has 3 aromatic rings. The fourth-order valence-corrected chi connectivity index (χ4v) is 2.79. The maximum Gasteiger partial charge on any atom is 0.315 e. The van der Waals surface area contributed by atoms with Crippen LogP contribution in [-0.4, -0.2) is 19.7 Å². The molecule has 2 aromatic carbocycles. The number of benzene rings is 2. The Hall–Kier alpha value is -3.05. The number of amides is 2. The summed E-state index contributed by atoms with van der Waals surface area (Å²) in [7, 11) is 1.59. The van der Waals surface area contributed by atoms with Gasteiger partial charge in [-0.3, -0.25) is 0 Å². The van der Waals surface area contributed by atoms with Crippen LogP contribution in [0.3, 0.4) is 0 Å². The molecule has 1 heterocycles. The van der Waals surface area contributed by atoms with Gasteiger partial charge in [0.05, 0.1) is 18.8 Å². The Kier molecular flexibility index (Phi) is 6.06. The first kappa shape index (κ1) is 17.8. The number of hydrogen-bond acceptors (Lipinski definition) is 3. The summed E-state index contributed by atoms with van der Waals surface area (Å²) in [6.07, 6.45) is 1.25. The lowest BCUT2D eigenvalue weighted by Crippen LogP contribution is -2.40. The summed E-state index contributed by atoms with van der Waals surface area (Å²) in [4.78, 5) is 12.5. The van der Waals surface area contributed by atoms with Crippen molar-refractivity contribution in [3.05, 3.63) is 95.9 Å². The van der Waals surface area contributed by atoms with E-state index in [9.17, 15) is 4.79 Å². The highest BCUT2D eigenvalue weighted by Gasteiger charge is 2.18. The second-order valence-electron chi connectivity index (χ2n) is 5.85. The van der Waals surface area contributed by atoms with Crippen molar-refractivity contribution in [2.24, 2.45) is 0 Å². The van der Waals surface area contributed by atoms with Gasteiger partial charge in [-0.05, 0) is 23.3 Å². The molecule has 26 heavy (non-hydrogen) atoms. The zero-order valence-electron chi connectivity index (χ0n) is 14.6. The highest BCUT2D eigenvalue weighted by atomic mass is 16.5. The fraction of sp³-hybridized carbons (Fsp3) is 0.190. The Balaban J connectivity index is 1.68. The molecular weight excluding hydrogens is 328 g/mol. The molecule has 3 rings (SSSR count). The molecule has 0 saturated heterocycles. The van der Waals surface area contributed by atoms with E-state index in [4.69, 9.17) is 9.15 Å². The average molecular weight is 350 g/mol. The Morgan fingerprint density at radius 1 is 0.962 bits per heavy atom. The van der Waals surface area contributed by atoms with Gasteiger partial charge < -0.3 is 19.8 Å². The molecule has 0 saturated carbocycles. The summed E-state index contributed by atoms with van der Waals surface area (Å²) in [5, 5.41) is 5.90. The molecule has 0 bridgehead atoms. The standard InChI is InChI=1S/C21H22N2O3/c1-25-19(18-13-8-14-26-18)15-22-21(24)23-20(16-9-4-2-5-10-16)17-11-6-3-7-12-17/h2-14,19-20H,15H2,1H3,(H2,22,23,24). The van der Waals surface area contributed by atoms with Gasteiger partial charge in [0.25, 0.3) is 0 Å². The monoisotopic (exact) mass is 350 g/mol. The number of rotatable bonds is 7. The van der Waals surface area contributed by atoms with Gasteiger partial charge in [0.15, 0.2) is 0 Å². The summed E-state index contributed by atoms with van der Waals surface area (Å²) in [5.41, 5.74) is 2.03. The molecule has 0 aliphatic carbocycles. The van der Waals surface area contributed by atoms with Crippen molar-refractivity contribution < 1.29 is 13.9 Å². The molecule has 1 atom stereocenters. The number of hydrogen-bond donors (Lipinski definition) is 2. The normalized spacial score (nSPS) is 11.9. The van der Waals surface area contributed by atoms with Crippen LogP contribution in [0, 0.1) is 0 Å². The average Bonchev–Trinajstić information content (AvgIpc) is 3.22. The highest BCUT2D eigenvalue weighted by Crippen LogP contribution is 2.21. The van der Waals surface area contributed by atoms with E-state index < -0.39 is 0 Å². The molecule has 0 radical (unpaired) electrons. The van der Waals surface area contributed by atoms with Gasteiger partial charge in [-0.2, -0.15) is 0 Å². The molecule has 0 spiro atoms. The van der Waals surface area contributed by atoms with E-state index in [0.29, 0.717) is 12.3 Å². The van der Waals surface area contributed by atoms with Crippen LogP contribution in [0.1, 0.15) is 29.0 Å². The van der Waals surface area contributed by atoms with Crippen LogP contribution < -0.4 is 10.6 Å².